The number of rotatable bonds is 3. The van der Waals surface area contributed by atoms with E-state index in [1.54, 1.807) is 0 Å². The third kappa shape index (κ3) is 3.36. The standard InChI is InChI=1S/C23H27NO/c1-16(2)25-20-10-9-18-8-7-17-5-3-4-6-21(17)23(22(18)15-20)19-11-13-24-14-12-19/h3-10,15-16,19,23-24H,11-14H2,1-2H3. The van der Waals surface area contributed by atoms with Crippen molar-refractivity contribution in [1.29, 1.82) is 0 Å². The van der Waals surface area contributed by atoms with Crippen molar-refractivity contribution in [3.8, 4) is 5.75 Å². The SMILES string of the molecule is CC(C)Oc1ccc2c(c1)C(C1CCNCC1)c1ccccc1C=C2. The number of benzene rings is 2. The Balaban J connectivity index is 1.83. The van der Waals surface area contributed by atoms with Gasteiger partial charge in [0.1, 0.15) is 5.75 Å². The first-order valence-electron chi connectivity index (χ1n) is 9.50. The average molecular weight is 333 g/mol. The van der Waals surface area contributed by atoms with E-state index in [1.807, 2.05) is 0 Å². The lowest BCUT2D eigenvalue weighted by molar-refractivity contribution is 0.242. The van der Waals surface area contributed by atoms with Crippen LogP contribution in [-0.4, -0.2) is 19.2 Å². The van der Waals surface area contributed by atoms with Gasteiger partial charge in [0.25, 0.3) is 0 Å². The van der Waals surface area contributed by atoms with Crippen LogP contribution in [0.3, 0.4) is 0 Å². The van der Waals surface area contributed by atoms with Gasteiger partial charge in [-0.2, -0.15) is 0 Å². The number of nitrogens with one attached hydrogen (secondary N) is 1. The lowest BCUT2D eigenvalue weighted by Gasteiger charge is -2.33. The second kappa shape index (κ2) is 7.05. The molecule has 4 rings (SSSR count). The van der Waals surface area contributed by atoms with Gasteiger partial charge in [0.15, 0.2) is 0 Å². The lowest BCUT2D eigenvalue weighted by Crippen LogP contribution is -2.31. The Hall–Kier alpha value is -2.06. The van der Waals surface area contributed by atoms with E-state index in [0.717, 1.165) is 18.8 Å². The summed E-state index contributed by atoms with van der Waals surface area (Å²) in [6.07, 6.45) is 7.21. The first-order chi connectivity index (χ1) is 12.2. The van der Waals surface area contributed by atoms with Gasteiger partial charge in [-0.3, -0.25) is 0 Å². The maximum absolute atomic E-state index is 6.01. The Morgan fingerprint density at radius 2 is 1.64 bits per heavy atom. The second-order valence-electron chi connectivity index (χ2n) is 7.48. The molecule has 0 spiro atoms. The van der Waals surface area contributed by atoms with E-state index in [2.05, 4.69) is 73.8 Å². The first-order valence-corrected chi connectivity index (χ1v) is 9.50. The summed E-state index contributed by atoms with van der Waals surface area (Å²) in [4.78, 5) is 0. The van der Waals surface area contributed by atoms with Gasteiger partial charge in [0.2, 0.25) is 0 Å². The van der Waals surface area contributed by atoms with Crippen LogP contribution in [0.2, 0.25) is 0 Å². The van der Waals surface area contributed by atoms with Crippen LogP contribution in [0.15, 0.2) is 42.5 Å². The van der Waals surface area contributed by atoms with E-state index in [4.69, 9.17) is 4.74 Å². The molecular formula is C23H27NO. The highest BCUT2D eigenvalue weighted by molar-refractivity contribution is 5.77. The fourth-order valence-electron chi connectivity index (χ4n) is 4.30. The molecule has 0 amide bonds. The molecule has 2 heteroatoms. The highest BCUT2D eigenvalue weighted by Crippen LogP contribution is 2.43. The molecule has 1 N–H and O–H groups in total. The van der Waals surface area contributed by atoms with E-state index >= 15 is 0 Å². The molecule has 0 aromatic heterocycles. The van der Waals surface area contributed by atoms with Crippen LogP contribution in [0.5, 0.6) is 5.75 Å². The molecule has 2 aliphatic rings. The van der Waals surface area contributed by atoms with Crippen LogP contribution < -0.4 is 10.1 Å². The zero-order valence-corrected chi connectivity index (χ0v) is 15.2. The molecule has 0 saturated carbocycles. The molecule has 1 aliphatic carbocycles. The molecule has 1 aliphatic heterocycles. The minimum absolute atomic E-state index is 0.198. The molecule has 130 valence electrons. The van der Waals surface area contributed by atoms with Gasteiger partial charge in [0.05, 0.1) is 6.10 Å². The molecule has 2 aromatic rings. The van der Waals surface area contributed by atoms with Crippen LogP contribution in [0, 0.1) is 5.92 Å². The lowest BCUT2D eigenvalue weighted by atomic mass is 9.74. The molecule has 25 heavy (non-hydrogen) atoms. The van der Waals surface area contributed by atoms with Gasteiger partial charge in [0, 0.05) is 5.92 Å². The Bertz CT molecular complexity index is 771. The highest BCUT2D eigenvalue weighted by atomic mass is 16.5. The van der Waals surface area contributed by atoms with E-state index < -0.39 is 0 Å². The van der Waals surface area contributed by atoms with Gasteiger partial charge in [-0.25, -0.2) is 0 Å². The summed E-state index contributed by atoms with van der Waals surface area (Å²) in [5, 5.41) is 3.51. The Morgan fingerprint density at radius 1 is 0.920 bits per heavy atom. The van der Waals surface area contributed by atoms with Gasteiger partial charge >= 0.3 is 0 Å². The van der Waals surface area contributed by atoms with Crippen molar-refractivity contribution in [1.82, 2.24) is 5.32 Å². The molecule has 2 nitrogen and oxygen atoms in total. The number of hydrogen-bond donors (Lipinski definition) is 1. The average Bonchev–Trinajstić information content (AvgIpc) is 2.78. The fourth-order valence-corrected chi connectivity index (χ4v) is 4.30. The van der Waals surface area contributed by atoms with E-state index in [0.29, 0.717) is 11.8 Å². The molecule has 0 radical (unpaired) electrons. The summed E-state index contributed by atoms with van der Waals surface area (Å²) in [6.45, 7) is 6.42. The zero-order valence-electron chi connectivity index (χ0n) is 15.2. The van der Waals surface area contributed by atoms with Crippen molar-refractivity contribution in [3.63, 3.8) is 0 Å². The molecular weight excluding hydrogens is 306 g/mol. The van der Waals surface area contributed by atoms with Crippen molar-refractivity contribution in [2.75, 3.05) is 13.1 Å². The van der Waals surface area contributed by atoms with E-state index in [1.165, 1.54) is 35.1 Å². The molecule has 1 fully saturated rings. The second-order valence-corrected chi connectivity index (χ2v) is 7.48. The van der Waals surface area contributed by atoms with Crippen LogP contribution in [0.1, 0.15) is 54.9 Å². The molecule has 0 bridgehead atoms. The van der Waals surface area contributed by atoms with Gasteiger partial charge in [-0.1, -0.05) is 42.5 Å². The summed E-state index contributed by atoms with van der Waals surface area (Å²) in [5.41, 5.74) is 5.57. The predicted molar refractivity (Wildman–Crippen MR) is 105 cm³/mol. The number of piperidine rings is 1. The summed E-state index contributed by atoms with van der Waals surface area (Å²) in [6, 6.07) is 15.5. The minimum Gasteiger partial charge on any atom is -0.491 e. The van der Waals surface area contributed by atoms with Crippen molar-refractivity contribution in [2.24, 2.45) is 5.92 Å². The smallest absolute Gasteiger partial charge is 0.120 e. The van der Waals surface area contributed by atoms with Crippen molar-refractivity contribution >= 4 is 12.2 Å². The quantitative estimate of drug-likeness (QED) is 0.845. The highest BCUT2D eigenvalue weighted by Gasteiger charge is 2.30. The Morgan fingerprint density at radius 3 is 2.40 bits per heavy atom. The van der Waals surface area contributed by atoms with Crippen LogP contribution in [0.25, 0.3) is 12.2 Å². The third-order valence-corrected chi connectivity index (χ3v) is 5.39. The first kappa shape index (κ1) is 16.4. The minimum atomic E-state index is 0.198. The zero-order chi connectivity index (χ0) is 17.2. The van der Waals surface area contributed by atoms with Crippen LogP contribution in [0.4, 0.5) is 0 Å². The van der Waals surface area contributed by atoms with E-state index in [9.17, 15) is 0 Å². The van der Waals surface area contributed by atoms with Crippen molar-refractivity contribution < 1.29 is 4.74 Å². The number of fused-ring (bicyclic) bond motifs is 2. The topological polar surface area (TPSA) is 21.3 Å². The summed E-state index contributed by atoms with van der Waals surface area (Å²) >= 11 is 0. The largest absolute Gasteiger partial charge is 0.491 e. The molecule has 2 aromatic carbocycles. The van der Waals surface area contributed by atoms with Crippen molar-refractivity contribution in [3.05, 3.63) is 64.7 Å². The fraction of sp³-hybridized carbons (Fsp3) is 0.391. The maximum Gasteiger partial charge on any atom is 0.120 e. The summed E-state index contributed by atoms with van der Waals surface area (Å²) in [7, 11) is 0. The van der Waals surface area contributed by atoms with Gasteiger partial charge in [-0.05, 0) is 80.1 Å². The summed E-state index contributed by atoms with van der Waals surface area (Å²) in [5.74, 6) is 2.11. The number of hydrogen-bond acceptors (Lipinski definition) is 2. The molecule has 1 saturated heterocycles. The Kier molecular flexibility index (Phi) is 4.63. The van der Waals surface area contributed by atoms with Crippen molar-refractivity contribution in [2.45, 2.75) is 38.7 Å². The normalized spacial score (nSPS) is 20.0. The monoisotopic (exact) mass is 333 g/mol. The van der Waals surface area contributed by atoms with E-state index in [-0.39, 0.29) is 6.10 Å². The Labute approximate surface area is 150 Å². The van der Waals surface area contributed by atoms with Crippen LogP contribution >= 0.6 is 0 Å². The third-order valence-electron chi connectivity index (χ3n) is 5.39. The molecule has 1 heterocycles. The molecule has 1 unspecified atom stereocenters. The predicted octanol–water partition coefficient (Wildman–Crippen LogP) is 5.09. The van der Waals surface area contributed by atoms with Gasteiger partial charge in [-0.15, -0.1) is 0 Å². The van der Waals surface area contributed by atoms with Crippen LogP contribution in [-0.2, 0) is 0 Å². The molecule has 1 atom stereocenters. The summed E-state index contributed by atoms with van der Waals surface area (Å²) < 4.78 is 6.01. The maximum atomic E-state index is 6.01. The van der Waals surface area contributed by atoms with Gasteiger partial charge < -0.3 is 10.1 Å². The number of ether oxygens (including phenoxy) is 1.